The summed E-state index contributed by atoms with van der Waals surface area (Å²) in [6.45, 7) is 3.39. The summed E-state index contributed by atoms with van der Waals surface area (Å²) < 4.78 is 0. The minimum absolute atomic E-state index is 0.0295. The number of halogens is 1. The van der Waals surface area contributed by atoms with Crippen molar-refractivity contribution in [3.63, 3.8) is 0 Å². The van der Waals surface area contributed by atoms with Crippen LogP contribution in [-0.4, -0.2) is 34.3 Å². The number of nitrogens with zero attached hydrogens (tertiary/aromatic N) is 1. The quantitative estimate of drug-likeness (QED) is 0.853. The van der Waals surface area contributed by atoms with E-state index in [9.17, 15) is 9.90 Å². The van der Waals surface area contributed by atoms with Gasteiger partial charge in [0.15, 0.2) is 0 Å². The number of amides is 1. The maximum atomic E-state index is 12.3. The number of rotatable bonds is 2. The highest BCUT2D eigenvalue weighted by Crippen LogP contribution is 2.24. The second-order valence-corrected chi connectivity index (χ2v) is 5.16. The third kappa shape index (κ3) is 2.46. The Labute approximate surface area is 110 Å². The summed E-state index contributed by atoms with van der Waals surface area (Å²) in [5.41, 5.74) is 1.28. The number of phenols is 1. The van der Waals surface area contributed by atoms with E-state index in [-0.39, 0.29) is 11.7 Å². The van der Waals surface area contributed by atoms with Crippen LogP contribution in [0.2, 0.25) is 0 Å². The first-order valence-corrected chi connectivity index (χ1v) is 6.89. The summed E-state index contributed by atoms with van der Waals surface area (Å²) in [6, 6.07) is 5.10. The second-order valence-electron chi connectivity index (χ2n) is 4.51. The standard InChI is InChI=1S/C13H16BrNO2/c1-9-11(3-2-4-12(9)16)13(17)15-6-5-10(7-14)8-15/h2-4,10,16H,5-8H2,1H3. The van der Waals surface area contributed by atoms with Crippen LogP contribution in [0.4, 0.5) is 0 Å². The molecule has 1 atom stereocenters. The van der Waals surface area contributed by atoms with Crippen LogP contribution in [0.25, 0.3) is 0 Å². The molecule has 0 bridgehead atoms. The van der Waals surface area contributed by atoms with Crippen molar-refractivity contribution in [1.82, 2.24) is 4.90 Å². The van der Waals surface area contributed by atoms with E-state index in [4.69, 9.17) is 0 Å². The van der Waals surface area contributed by atoms with Crippen molar-refractivity contribution < 1.29 is 9.90 Å². The number of alkyl halides is 1. The van der Waals surface area contributed by atoms with Crippen molar-refractivity contribution >= 4 is 21.8 Å². The molecule has 1 aliphatic rings. The van der Waals surface area contributed by atoms with E-state index in [1.165, 1.54) is 0 Å². The van der Waals surface area contributed by atoms with Crippen molar-refractivity contribution in [1.29, 1.82) is 0 Å². The molecule has 0 aromatic heterocycles. The lowest BCUT2D eigenvalue weighted by Crippen LogP contribution is -2.29. The highest BCUT2D eigenvalue weighted by Gasteiger charge is 2.27. The van der Waals surface area contributed by atoms with Gasteiger partial charge in [-0.3, -0.25) is 4.79 Å². The van der Waals surface area contributed by atoms with Gasteiger partial charge in [-0.25, -0.2) is 0 Å². The number of hydrogen-bond acceptors (Lipinski definition) is 2. The van der Waals surface area contributed by atoms with Gasteiger partial charge in [0.25, 0.3) is 5.91 Å². The zero-order valence-electron chi connectivity index (χ0n) is 9.82. The van der Waals surface area contributed by atoms with Crippen LogP contribution in [-0.2, 0) is 0 Å². The molecule has 0 radical (unpaired) electrons. The Bertz CT molecular complexity index is 433. The molecule has 0 spiro atoms. The average Bonchev–Trinajstić information content (AvgIpc) is 2.80. The normalized spacial score (nSPS) is 19.6. The molecule has 1 aromatic rings. The maximum Gasteiger partial charge on any atom is 0.254 e. The fourth-order valence-corrected chi connectivity index (χ4v) is 2.70. The number of aromatic hydroxyl groups is 1. The van der Waals surface area contributed by atoms with Crippen LogP contribution in [0.3, 0.4) is 0 Å². The predicted octanol–water partition coefficient (Wildman–Crippen LogP) is 2.56. The molecule has 4 heteroatoms. The minimum Gasteiger partial charge on any atom is -0.508 e. The molecule has 17 heavy (non-hydrogen) atoms. The fourth-order valence-electron chi connectivity index (χ4n) is 2.17. The molecule has 3 nitrogen and oxygen atoms in total. The summed E-state index contributed by atoms with van der Waals surface area (Å²) in [6.07, 6.45) is 1.05. The Kier molecular flexibility index (Phi) is 3.72. The lowest BCUT2D eigenvalue weighted by molar-refractivity contribution is 0.0787. The van der Waals surface area contributed by atoms with Gasteiger partial charge in [-0.15, -0.1) is 0 Å². The van der Waals surface area contributed by atoms with Gasteiger partial charge in [0.05, 0.1) is 0 Å². The van der Waals surface area contributed by atoms with E-state index in [0.29, 0.717) is 17.0 Å². The Hall–Kier alpha value is -1.03. The van der Waals surface area contributed by atoms with Crippen molar-refractivity contribution in [2.24, 2.45) is 5.92 Å². The van der Waals surface area contributed by atoms with Gasteiger partial charge in [0.2, 0.25) is 0 Å². The summed E-state index contributed by atoms with van der Waals surface area (Å²) in [5, 5.41) is 10.6. The van der Waals surface area contributed by atoms with Crippen LogP contribution >= 0.6 is 15.9 Å². The number of carbonyl (C=O) groups is 1. The highest BCUT2D eigenvalue weighted by molar-refractivity contribution is 9.09. The summed E-state index contributed by atoms with van der Waals surface area (Å²) >= 11 is 3.46. The third-order valence-corrected chi connectivity index (χ3v) is 4.24. The van der Waals surface area contributed by atoms with E-state index in [2.05, 4.69) is 15.9 Å². The Morgan fingerprint density at radius 3 is 3.00 bits per heavy atom. The second kappa shape index (κ2) is 5.08. The predicted molar refractivity (Wildman–Crippen MR) is 70.6 cm³/mol. The molecule has 1 amide bonds. The molecule has 0 saturated carbocycles. The van der Waals surface area contributed by atoms with Gasteiger partial charge in [0.1, 0.15) is 5.75 Å². The van der Waals surface area contributed by atoms with Crippen LogP contribution in [0.1, 0.15) is 22.3 Å². The third-order valence-electron chi connectivity index (χ3n) is 3.33. The van der Waals surface area contributed by atoms with Gasteiger partial charge in [0, 0.05) is 29.5 Å². The molecular weight excluding hydrogens is 282 g/mol. The van der Waals surface area contributed by atoms with Crippen molar-refractivity contribution in [3.05, 3.63) is 29.3 Å². The minimum atomic E-state index is 0.0295. The number of hydrogen-bond donors (Lipinski definition) is 1. The van der Waals surface area contributed by atoms with Crippen LogP contribution in [0.5, 0.6) is 5.75 Å². The van der Waals surface area contributed by atoms with E-state index in [1.54, 1.807) is 25.1 Å². The Morgan fingerprint density at radius 2 is 2.35 bits per heavy atom. The molecule has 1 saturated heterocycles. The monoisotopic (exact) mass is 297 g/mol. The molecule has 92 valence electrons. The average molecular weight is 298 g/mol. The SMILES string of the molecule is Cc1c(O)cccc1C(=O)N1CCC(CBr)C1. The van der Waals surface area contributed by atoms with Gasteiger partial charge in [-0.2, -0.15) is 0 Å². The number of carbonyl (C=O) groups excluding carboxylic acids is 1. The first kappa shape index (κ1) is 12.4. The lowest BCUT2D eigenvalue weighted by atomic mass is 10.1. The van der Waals surface area contributed by atoms with E-state index in [1.807, 2.05) is 4.90 Å². The van der Waals surface area contributed by atoms with E-state index < -0.39 is 0 Å². The molecule has 1 unspecified atom stereocenters. The number of likely N-dealkylation sites (tertiary alicyclic amines) is 1. The molecule has 1 N–H and O–H groups in total. The van der Waals surface area contributed by atoms with Crippen molar-refractivity contribution in [2.75, 3.05) is 18.4 Å². The van der Waals surface area contributed by atoms with Gasteiger partial charge in [-0.1, -0.05) is 22.0 Å². The molecular formula is C13H16BrNO2. The topological polar surface area (TPSA) is 40.5 Å². The first-order chi connectivity index (χ1) is 8.13. The maximum absolute atomic E-state index is 12.3. The molecule has 1 aromatic carbocycles. The lowest BCUT2D eigenvalue weighted by Gasteiger charge is -2.17. The largest absolute Gasteiger partial charge is 0.508 e. The number of phenolic OH excluding ortho intramolecular Hbond substituents is 1. The smallest absolute Gasteiger partial charge is 0.254 e. The van der Waals surface area contributed by atoms with Crippen LogP contribution in [0, 0.1) is 12.8 Å². The summed E-state index contributed by atoms with van der Waals surface area (Å²) in [4.78, 5) is 14.1. The van der Waals surface area contributed by atoms with Crippen molar-refractivity contribution in [3.8, 4) is 5.75 Å². The summed E-state index contributed by atoms with van der Waals surface area (Å²) in [5.74, 6) is 0.769. The first-order valence-electron chi connectivity index (χ1n) is 5.77. The Balaban J connectivity index is 2.18. The van der Waals surface area contributed by atoms with Crippen LogP contribution in [0.15, 0.2) is 18.2 Å². The molecule has 1 heterocycles. The van der Waals surface area contributed by atoms with Gasteiger partial charge >= 0.3 is 0 Å². The Morgan fingerprint density at radius 1 is 1.59 bits per heavy atom. The molecule has 1 fully saturated rings. The number of benzene rings is 1. The van der Waals surface area contributed by atoms with E-state index in [0.717, 1.165) is 24.8 Å². The van der Waals surface area contributed by atoms with Crippen LogP contribution < -0.4 is 0 Å². The zero-order chi connectivity index (χ0) is 12.4. The van der Waals surface area contributed by atoms with Gasteiger partial charge in [-0.05, 0) is 31.4 Å². The zero-order valence-corrected chi connectivity index (χ0v) is 11.4. The molecule has 1 aliphatic heterocycles. The molecule has 0 aliphatic carbocycles. The van der Waals surface area contributed by atoms with Gasteiger partial charge < -0.3 is 10.0 Å². The van der Waals surface area contributed by atoms with Crippen molar-refractivity contribution in [2.45, 2.75) is 13.3 Å². The summed E-state index contributed by atoms with van der Waals surface area (Å²) in [7, 11) is 0. The van der Waals surface area contributed by atoms with E-state index >= 15 is 0 Å². The highest BCUT2D eigenvalue weighted by atomic mass is 79.9. The fraction of sp³-hybridized carbons (Fsp3) is 0.462. The molecule has 2 rings (SSSR count).